The third-order valence-corrected chi connectivity index (χ3v) is 3.45. The Bertz CT molecular complexity index is 503. The molecule has 0 aliphatic rings. The molecule has 100 valence electrons. The zero-order valence-corrected chi connectivity index (χ0v) is 11.0. The van der Waals surface area contributed by atoms with E-state index in [0.717, 1.165) is 0 Å². The van der Waals surface area contributed by atoms with Crippen molar-refractivity contribution in [1.29, 1.82) is 0 Å². The van der Waals surface area contributed by atoms with Crippen molar-refractivity contribution in [2.24, 2.45) is 0 Å². The standard InChI is InChI=1S/C13H13O5P/c14-9-5-2-6-10-18-19(17)12(13(15)16)11-7-3-1-4-8-11/h1,3-5,7-8H,2,6,10H2,(H,15,16). The molecule has 0 saturated heterocycles. The topological polar surface area (TPSA) is 86.7 Å². The molecule has 1 rings (SSSR count). The zero-order valence-electron chi connectivity index (χ0n) is 10.1. The van der Waals surface area contributed by atoms with E-state index < -0.39 is 14.0 Å². The molecule has 1 aromatic rings. The van der Waals surface area contributed by atoms with Crippen LogP contribution in [0, 0.1) is 0 Å². The molecular formula is C13H13O5P. The van der Waals surface area contributed by atoms with Crippen molar-refractivity contribution >= 4 is 25.2 Å². The molecule has 0 heterocycles. The Hall–Kier alpha value is -1.77. The highest BCUT2D eigenvalue weighted by molar-refractivity contribution is 7.50. The minimum Gasteiger partial charge on any atom is -0.602 e. The Balaban J connectivity index is 2.76. The van der Waals surface area contributed by atoms with Crippen LogP contribution in [0.25, 0.3) is 0 Å². The lowest BCUT2D eigenvalue weighted by molar-refractivity contribution is -0.172. The van der Waals surface area contributed by atoms with Gasteiger partial charge in [-0.3, -0.25) is 0 Å². The lowest BCUT2D eigenvalue weighted by atomic mass is 10.1. The third-order valence-electron chi connectivity index (χ3n) is 2.22. The molecule has 0 aromatic heterocycles. The van der Waals surface area contributed by atoms with Crippen LogP contribution in [0.4, 0.5) is 0 Å². The van der Waals surface area contributed by atoms with Crippen molar-refractivity contribution in [3.63, 3.8) is 0 Å². The first-order valence-electron chi connectivity index (χ1n) is 5.62. The van der Waals surface area contributed by atoms with E-state index in [-0.39, 0.29) is 11.9 Å². The van der Waals surface area contributed by atoms with Crippen LogP contribution in [-0.2, 0) is 14.1 Å². The van der Waals surface area contributed by atoms with Crippen LogP contribution in [0.2, 0.25) is 0 Å². The molecule has 19 heavy (non-hydrogen) atoms. The number of aliphatic carboxylic acids is 1. The summed E-state index contributed by atoms with van der Waals surface area (Å²) in [6.07, 6.45) is 2.24. The van der Waals surface area contributed by atoms with Gasteiger partial charge in [0.2, 0.25) is 8.00 Å². The molecule has 0 fully saturated rings. The van der Waals surface area contributed by atoms with E-state index >= 15 is 0 Å². The summed E-state index contributed by atoms with van der Waals surface area (Å²) in [5.74, 6) is 0.356. The molecule has 0 spiro atoms. The molecule has 0 radical (unpaired) electrons. The van der Waals surface area contributed by atoms with Gasteiger partial charge < -0.3 is 10.00 Å². The smallest absolute Gasteiger partial charge is 0.382 e. The molecule has 0 bridgehead atoms. The van der Waals surface area contributed by atoms with Crippen LogP contribution in [0.5, 0.6) is 0 Å². The second kappa shape index (κ2) is 8.35. The number of unbranched alkanes of at least 4 members (excludes halogenated alkanes) is 1. The van der Waals surface area contributed by atoms with Gasteiger partial charge in [-0.05, 0) is 18.9 Å². The highest BCUT2D eigenvalue weighted by Gasteiger charge is 2.22. The van der Waals surface area contributed by atoms with Crippen LogP contribution in [0.3, 0.4) is 0 Å². The predicted octanol–water partition coefficient (Wildman–Crippen LogP) is 1.15. The van der Waals surface area contributed by atoms with E-state index in [2.05, 4.69) is 0 Å². The van der Waals surface area contributed by atoms with Gasteiger partial charge in [0.1, 0.15) is 5.94 Å². The Morgan fingerprint density at radius 1 is 1.42 bits per heavy atom. The maximum absolute atomic E-state index is 11.8. The Kier molecular flexibility index (Phi) is 6.72. The van der Waals surface area contributed by atoms with Crippen molar-refractivity contribution in [3.05, 3.63) is 42.0 Å². The predicted molar refractivity (Wildman–Crippen MR) is 70.6 cm³/mol. The van der Waals surface area contributed by atoms with E-state index in [1.807, 2.05) is 0 Å². The highest BCUT2D eigenvalue weighted by atomic mass is 31.1. The largest absolute Gasteiger partial charge is 0.602 e. The van der Waals surface area contributed by atoms with E-state index in [4.69, 9.17) is 9.63 Å². The van der Waals surface area contributed by atoms with E-state index in [1.165, 1.54) is 6.08 Å². The van der Waals surface area contributed by atoms with Gasteiger partial charge in [0.15, 0.2) is 0 Å². The average Bonchev–Trinajstić information content (AvgIpc) is 2.39. The molecule has 0 saturated carbocycles. The molecule has 6 heteroatoms. The first-order chi connectivity index (χ1) is 9.16. The molecule has 1 aromatic carbocycles. The van der Waals surface area contributed by atoms with Gasteiger partial charge in [-0.1, -0.05) is 30.3 Å². The first kappa shape index (κ1) is 15.3. The van der Waals surface area contributed by atoms with Gasteiger partial charge in [-0.2, -0.15) is 4.52 Å². The Morgan fingerprint density at radius 2 is 2.11 bits per heavy atom. The minimum atomic E-state index is -2.43. The molecule has 1 atom stereocenters. The van der Waals surface area contributed by atoms with E-state index in [1.54, 1.807) is 36.3 Å². The Morgan fingerprint density at radius 3 is 2.68 bits per heavy atom. The zero-order chi connectivity index (χ0) is 14.1. The summed E-state index contributed by atoms with van der Waals surface area (Å²) in [6.45, 7) is 0.122. The number of carboxylic acid groups (broad SMARTS) is 1. The molecule has 1 N–H and O–H groups in total. The number of hydrogen-bond donors (Lipinski definition) is 1. The summed E-state index contributed by atoms with van der Waals surface area (Å²) in [5.41, 5.74) is 0.365. The maximum atomic E-state index is 11.8. The Labute approximate surface area is 111 Å². The van der Waals surface area contributed by atoms with Crippen LogP contribution in [-0.4, -0.2) is 28.9 Å². The number of rotatable bonds is 7. The van der Waals surface area contributed by atoms with Gasteiger partial charge in [0.05, 0.1) is 6.61 Å². The van der Waals surface area contributed by atoms with Gasteiger partial charge in [-0.25, -0.2) is 9.59 Å². The lowest BCUT2D eigenvalue weighted by Crippen LogP contribution is -2.17. The van der Waals surface area contributed by atoms with Crippen molar-refractivity contribution < 1.29 is 24.1 Å². The number of allylic oxidation sites excluding steroid dienone is 1. The lowest BCUT2D eigenvalue weighted by Gasteiger charge is -2.03. The number of carbonyl (C=O) groups excluding carboxylic acids is 1. The quantitative estimate of drug-likeness (QED) is 0.460. The number of carboxylic acids is 1. The fraction of sp³-hybridized carbons (Fsp3) is 0.231. The van der Waals surface area contributed by atoms with E-state index in [9.17, 15) is 14.5 Å². The minimum absolute atomic E-state index is 0.122. The fourth-order valence-corrected chi connectivity index (χ4v) is 2.30. The monoisotopic (exact) mass is 280 g/mol. The summed E-state index contributed by atoms with van der Waals surface area (Å²) in [6, 6.07) is 8.19. The number of hydrogen-bond acceptors (Lipinski definition) is 4. The second-order valence-electron chi connectivity index (χ2n) is 3.57. The summed E-state index contributed by atoms with van der Waals surface area (Å²) in [7, 11) is -2.43. The van der Waals surface area contributed by atoms with Crippen molar-refractivity contribution in [1.82, 2.24) is 0 Å². The van der Waals surface area contributed by atoms with Gasteiger partial charge in [-0.15, -0.1) is 0 Å². The van der Waals surface area contributed by atoms with Gasteiger partial charge in [0.25, 0.3) is 5.29 Å². The molecule has 0 amide bonds. The van der Waals surface area contributed by atoms with E-state index in [0.29, 0.717) is 18.4 Å². The summed E-state index contributed by atoms with van der Waals surface area (Å²) >= 11 is 0. The number of benzene rings is 1. The number of carbonyl (C=O) groups is 1. The average molecular weight is 280 g/mol. The van der Waals surface area contributed by atoms with Gasteiger partial charge in [0, 0.05) is 5.56 Å². The van der Waals surface area contributed by atoms with Crippen LogP contribution in [0.15, 0.2) is 36.4 Å². The molecular weight excluding hydrogens is 267 g/mol. The van der Waals surface area contributed by atoms with Crippen LogP contribution in [0.1, 0.15) is 18.4 Å². The summed E-state index contributed by atoms with van der Waals surface area (Å²) in [4.78, 5) is 32.9. The van der Waals surface area contributed by atoms with Crippen molar-refractivity contribution in [2.75, 3.05) is 6.61 Å². The summed E-state index contributed by atoms with van der Waals surface area (Å²) in [5, 5.41) is 8.83. The fourth-order valence-electron chi connectivity index (χ4n) is 1.36. The SMILES string of the molecule is O=C=CCCCO[P+]([O-])=C(C(=O)O)c1ccccc1. The second-order valence-corrected chi connectivity index (χ2v) is 4.79. The summed E-state index contributed by atoms with van der Waals surface area (Å²) < 4.78 is 5.01. The normalized spacial score (nSPS) is 11.4. The molecule has 5 nitrogen and oxygen atoms in total. The molecule has 0 aliphatic heterocycles. The first-order valence-corrected chi connectivity index (χ1v) is 6.79. The highest BCUT2D eigenvalue weighted by Crippen LogP contribution is 2.21. The van der Waals surface area contributed by atoms with Crippen molar-refractivity contribution in [2.45, 2.75) is 12.8 Å². The third kappa shape index (κ3) is 5.16. The van der Waals surface area contributed by atoms with Gasteiger partial charge >= 0.3 is 5.97 Å². The maximum Gasteiger partial charge on any atom is 0.382 e. The molecule has 0 aliphatic carbocycles. The van der Waals surface area contributed by atoms with Crippen LogP contribution >= 0.6 is 8.00 Å². The van der Waals surface area contributed by atoms with Crippen molar-refractivity contribution in [3.8, 4) is 0 Å². The van der Waals surface area contributed by atoms with Crippen LogP contribution < -0.4 is 4.89 Å². The molecule has 1 unspecified atom stereocenters.